The van der Waals surface area contributed by atoms with Crippen molar-refractivity contribution >= 4 is 64.7 Å². The summed E-state index contributed by atoms with van der Waals surface area (Å²) < 4.78 is 64.9. The van der Waals surface area contributed by atoms with Gasteiger partial charge in [-0.3, -0.25) is 4.79 Å². The van der Waals surface area contributed by atoms with Crippen molar-refractivity contribution in [2.24, 2.45) is 0 Å². The molecule has 6 aromatic rings. The van der Waals surface area contributed by atoms with E-state index in [0.717, 1.165) is 33.4 Å². The van der Waals surface area contributed by atoms with E-state index in [2.05, 4.69) is 4.90 Å². The molecule has 6 aromatic carbocycles. The number of anilines is 3. The van der Waals surface area contributed by atoms with Crippen LogP contribution < -0.4 is 18.9 Å². The first-order chi connectivity index (χ1) is 27.3. The lowest BCUT2D eigenvalue weighted by atomic mass is 9.94. The molecular formula is C44H45N5O6S2. The van der Waals surface area contributed by atoms with Gasteiger partial charge in [-0.2, -0.15) is 12.7 Å². The van der Waals surface area contributed by atoms with Gasteiger partial charge in [-0.25, -0.2) is 8.42 Å². The molecule has 8 rings (SSSR count). The fourth-order valence-electron chi connectivity index (χ4n) is 8.14. The zero-order valence-electron chi connectivity index (χ0n) is 32.4. The second-order valence-electron chi connectivity index (χ2n) is 14.9. The molecule has 0 bridgehead atoms. The van der Waals surface area contributed by atoms with Gasteiger partial charge in [0, 0.05) is 99.5 Å². The number of nitrogens with zero attached hydrogens (tertiary/aromatic N) is 5. The third-order valence-electron chi connectivity index (χ3n) is 11.0. The van der Waals surface area contributed by atoms with E-state index in [1.54, 1.807) is 53.4 Å². The van der Waals surface area contributed by atoms with Crippen LogP contribution in [-0.4, -0.2) is 92.4 Å². The number of para-hydroxylation sites is 1. The Morgan fingerprint density at radius 3 is 1.79 bits per heavy atom. The minimum absolute atomic E-state index is 0.0247. The summed E-state index contributed by atoms with van der Waals surface area (Å²) in [6.45, 7) is 1.97. The van der Waals surface area contributed by atoms with Crippen LogP contribution in [0.15, 0.2) is 131 Å². The monoisotopic (exact) mass is 803 g/mol. The van der Waals surface area contributed by atoms with E-state index in [-0.39, 0.29) is 34.4 Å². The molecule has 1 amide bonds. The molecule has 1 saturated heterocycles. The van der Waals surface area contributed by atoms with Gasteiger partial charge in [0.15, 0.2) is 0 Å². The summed E-state index contributed by atoms with van der Waals surface area (Å²) in [5, 5.41) is 2.61. The van der Waals surface area contributed by atoms with Crippen LogP contribution in [0.2, 0.25) is 0 Å². The molecule has 0 aliphatic carbocycles. The minimum Gasteiger partial charge on any atom is -0.379 e. The van der Waals surface area contributed by atoms with Crippen LogP contribution in [0.5, 0.6) is 5.75 Å². The lowest BCUT2D eigenvalue weighted by Gasteiger charge is -2.41. The fraction of sp³-hybridized carbons (Fsp3) is 0.250. The van der Waals surface area contributed by atoms with E-state index in [4.69, 9.17) is 4.18 Å². The second-order valence-corrected chi connectivity index (χ2v) is 18.3. The SMILES string of the molecule is CN(C)c1cccc2c(S(=O)(=O)Oc3ccc4c(c3)CN(S(=O)(=O)c3cccc5c(N(C)C)cccc35)[C@H](C(=O)N3CCN(c5ccccc5)CC3)C4)cccc12. The van der Waals surface area contributed by atoms with Gasteiger partial charge in [0.2, 0.25) is 15.9 Å². The van der Waals surface area contributed by atoms with Crippen LogP contribution in [0.3, 0.4) is 0 Å². The summed E-state index contributed by atoms with van der Waals surface area (Å²) in [7, 11) is -0.995. The fourth-order valence-corrected chi connectivity index (χ4v) is 11.0. The zero-order valence-corrected chi connectivity index (χ0v) is 34.0. The largest absolute Gasteiger partial charge is 0.379 e. The number of amides is 1. The summed E-state index contributed by atoms with van der Waals surface area (Å²) in [5.74, 6) is -0.212. The van der Waals surface area contributed by atoms with Crippen molar-refractivity contribution in [3.05, 3.63) is 132 Å². The van der Waals surface area contributed by atoms with Crippen LogP contribution in [0.1, 0.15) is 11.1 Å². The summed E-state index contributed by atoms with van der Waals surface area (Å²) in [6.07, 6.45) is 0.115. The van der Waals surface area contributed by atoms with E-state index < -0.39 is 26.2 Å². The van der Waals surface area contributed by atoms with Crippen LogP contribution in [0, 0.1) is 0 Å². The Bertz CT molecular complexity index is 2720. The molecule has 2 aliphatic rings. The van der Waals surface area contributed by atoms with Gasteiger partial charge in [0.25, 0.3) is 0 Å². The summed E-state index contributed by atoms with van der Waals surface area (Å²) in [4.78, 5) is 22.5. The van der Waals surface area contributed by atoms with Crippen molar-refractivity contribution in [3.8, 4) is 5.75 Å². The van der Waals surface area contributed by atoms with Gasteiger partial charge >= 0.3 is 10.1 Å². The first-order valence-corrected chi connectivity index (χ1v) is 21.7. The number of piperazine rings is 1. The number of fused-ring (bicyclic) bond motifs is 3. The molecule has 0 unspecified atom stereocenters. The predicted octanol–water partition coefficient (Wildman–Crippen LogP) is 6.36. The van der Waals surface area contributed by atoms with Crippen molar-refractivity contribution in [1.82, 2.24) is 9.21 Å². The van der Waals surface area contributed by atoms with E-state index in [1.165, 1.54) is 10.4 Å². The Hall–Kier alpha value is -5.63. The highest BCUT2D eigenvalue weighted by atomic mass is 32.2. The van der Waals surface area contributed by atoms with Crippen molar-refractivity contribution in [1.29, 1.82) is 0 Å². The number of hydrogen-bond donors (Lipinski definition) is 0. The predicted molar refractivity (Wildman–Crippen MR) is 226 cm³/mol. The first kappa shape index (κ1) is 38.3. The van der Waals surface area contributed by atoms with Gasteiger partial charge in [-0.15, -0.1) is 0 Å². The maximum atomic E-state index is 15.0. The van der Waals surface area contributed by atoms with E-state index in [9.17, 15) is 13.2 Å². The molecule has 2 heterocycles. The Morgan fingerprint density at radius 1 is 0.614 bits per heavy atom. The average molecular weight is 804 g/mol. The lowest BCUT2D eigenvalue weighted by molar-refractivity contribution is -0.136. The van der Waals surface area contributed by atoms with Gasteiger partial charge in [0.1, 0.15) is 16.7 Å². The highest BCUT2D eigenvalue weighted by Crippen LogP contribution is 2.38. The first-order valence-electron chi connectivity index (χ1n) is 18.9. The van der Waals surface area contributed by atoms with Gasteiger partial charge < -0.3 is 23.8 Å². The Balaban J connectivity index is 1.15. The van der Waals surface area contributed by atoms with E-state index >= 15 is 8.42 Å². The molecular weight excluding hydrogens is 759 g/mol. The molecule has 1 fully saturated rings. The molecule has 57 heavy (non-hydrogen) atoms. The molecule has 0 N–H and O–H groups in total. The standard InChI is InChI=1S/C44H45N5O6S2/c1-45(2)39-18-8-16-37-35(39)14-10-20-42(37)56(51,52)49-30-32-28-34(55-57(53,54)43-21-11-15-36-38(43)17-9-19-40(36)46(3)4)23-22-31(32)29-41(49)44(50)48-26-24-47(25-27-48)33-12-6-5-7-13-33/h5-23,28,41H,24-27,29-30H2,1-4H3/t41-/m0/s1. The van der Waals surface area contributed by atoms with E-state index in [0.29, 0.717) is 42.5 Å². The molecule has 2 aliphatic heterocycles. The van der Waals surface area contributed by atoms with Crippen LogP contribution in [-0.2, 0) is 37.9 Å². The van der Waals surface area contributed by atoms with Gasteiger partial charge in [0.05, 0.1) is 4.90 Å². The third kappa shape index (κ3) is 7.15. The molecule has 0 aromatic heterocycles. The number of carbonyl (C=O) groups excluding carboxylic acids is 1. The molecule has 1 atom stereocenters. The smallest absolute Gasteiger partial charge is 0.339 e. The van der Waals surface area contributed by atoms with Crippen molar-refractivity contribution in [3.63, 3.8) is 0 Å². The summed E-state index contributed by atoms with van der Waals surface area (Å²) in [6, 6.07) is 35.2. The number of benzene rings is 6. The van der Waals surface area contributed by atoms with E-state index in [1.807, 2.05) is 105 Å². The maximum Gasteiger partial charge on any atom is 0.339 e. The number of hydrogen-bond acceptors (Lipinski definition) is 9. The second kappa shape index (κ2) is 15.0. The molecule has 294 valence electrons. The minimum atomic E-state index is -4.31. The molecule has 11 nitrogen and oxygen atoms in total. The summed E-state index contributed by atoms with van der Waals surface area (Å²) >= 11 is 0. The normalized spacial score (nSPS) is 16.4. The highest BCUT2D eigenvalue weighted by Gasteiger charge is 2.42. The van der Waals surface area contributed by atoms with Crippen molar-refractivity contribution < 1.29 is 25.8 Å². The van der Waals surface area contributed by atoms with Crippen LogP contribution in [0.4, 0.5) is 17.1 Å². The number of carbonyl (C=O) groups is 1. The Labute approximate surface area is 334 Å². The van der Waals surface area contributed by atoms with Crippen LogP contribution >= 0.6 is 0 Å². The average Bonchev–Trinajstić information content (AvgIpc) is 3.22. The molecule has 0 saturated carbocycles. The van der Waals surface area contributed by atoms with Crippen molar-refractivity contribution in [2.45, 2.75) is 28.8 Å². The Kier molecular flexibility index (Phi) is 10.1. The maximum absolute atomic E-state index is 15.0. The third-order valence-corrected chi connectivity index (χ3v) is 14.2. The molecule has 0 spiro atoms. The van der Waals surface area contributed by atoms with Gasteiger partial charge in [-0.05, 0) is 66.1 Å². The topological polar surface area (TPSA) is 111 Å². The zero-order chi connectivity index (χ0) is 40.1. The molecule has 0 radical (unpaired) electrons. The highest BCUT2D eigenvalue weighted by molar-refractivity contribution is 7.89. The molecule has 13 heteroatoms. The van der Waals surface area contributed by atoms with Crippen molar-refractivity contribution in [2.75, 3.05) is 69.1 Å². The van der Waals surface area contributed by atoms with Crippen LogP contribution in [0.25, 0.3) is 21.5 Å². The summed E-state index contributed by atoms with van der Waals surface area (Å²) in [5.41, 5.74) is 4.12. The number of sulfonamides is 1. The quantitative estimate of drug-likeness (QED) is 0.154. The lowest BCUT2D eigenvalue weighted by Crippen LogP contribution is -2.57. The number of rotatable bonds is 9. The van der Waals surface area contributed by atoms with Gasteiger partial charge in [-0.1, -0.05) is 72.8 Å². The Morgan fingerprint density at radius 2 is 1.18 bits per heavy atom.